The Kier molecular flexibility index (Phi) is 7.78. The molecule has 2 fully saturated rings. The lowest BCUT2D eigenvalue weighted by Gasteiger charge is -2.36. The molecule has 166 valence electrons. The van der Waals surface area contributed by atoms with E-state index < -0.39 is 11.9 Å². The lowest BCUT2D eigenvalue weighted by molar-refractivity contribution is -0.150. The van der Waals surface area contributed by atoms with Crippen LogP contribution in [0.1, 0.15) is 80.2 Å². The van der Waals surface area contributed by atoms with Gasteiger partial charge < -0.3 is 19.0 Å². The fourth-order valence-electron chi connectivity index (χ4n) is 4.28. The summed E-state index contributed by atoms with van der Waals surface area (Å²) in [4.78, 5) is 45.7. The maximum atomic E-state index is 12.5. The van der Waals surface area contributed by atoms with Gasteiger partial charge in [-0.15, -0.1) is 0 Å². The Labute approximate surface area is 175 Å². The molecule has 1 amide bonds. The summed E-state index contributed by atoms with van der Waals surface area (Å²) in [5.74, 6) is 3.90. The highest BCUT2D eigenvalue weighted by Gasteiger charge is 2.38. The first-order chi connectivity index (χ1) is 14.5. The standard InChI is InChI=1S/C20H30N4O6/c1-28-20(27)15-11-24(12-15)19(26)17-22-18(30-23-17)14(10-16(25)29-21)9-5-8-13-6-3-2-4-7-13/h13-15H,2-12,21H2,1H3/t14-/m1/s1. The van der Waals surface area contributed by atoms with Crippen molar-refractivity contribution in [3.8, 4) is 0 Å². The van der Waals surface area contributed by atoms with Crippen LogP contribution in [-0.4, -0.2) is 53.1 Å². The fraction of sp³-hybridized carbons (Fsp3) is 0.750. The molecule has 1 aromatic rings. The van der Waals surface area contributed by atoms with E-state index >= 15 is 0 Å². The van der Waals surface area contributed by atoms with Crippen molar-refractivity contribution in [1.82, 2.24) is 15.0 Å². The van der Waals surface area contributed by atoms with Gasteiger partial charge in [0.1, 0.15) is 0 Å². The van der Waals surface area contributed by atoms with E-state index in [1.54, 1.807) is 0 Å². The molecule has 1 aromatic heterocycles. The molecule has 0 bridgehead atoms. The van der Waals surface area contributed by atoms with Crippen LogP contribution >= 0.6 is 0 Å². The number of ether oxygens (including phenoxy) is 1. The zero-order chi connectivity index (χ0) is 21.5. The van der Waals surface area contributed by atoms with Crippen LogP contribution in [0.2, 0.25) is 0 Å². The third kappa shape index (κ3) is 5.56. The minimum absolute atomic E-state index is 0.0190. The number of nitrogens with two attached hydrogens (primary N) is 1. The molecule has 30 heavy (non-hydrogen) atoms. The molecule has 0 unspecified atom stereocenters. The molecule has 10 nitrogen and oxygen atoms in total. The molecule has 1 aliphatic carbocycles. The van der Waals surface area contributed by atoms with Crippen LogP contribution in [0.25, 0.3) is 0 Å². The molecule has 2 aliphatic rings. The molecule has 0 aromatic carbocycles. The second-order valence-electron chi connectivity index (χ2n) is 8.21. The fourth-order valence-corrected chi connectivity index (χ4v) is 4.28. The molecule has 10 heteroatoms. The molecule has 1 saturated carbocycles. The smallest absolute Gasteiger partial charge is 0.325 e. The quantitative estimate of drug-likeness (QED) is 0.467. The van der Waals surface area contributed by atoms with E-state index in [2.05, 4.69) is 19.7 Å². The number of nitrogens with zero attached hydrogens (tertiary/aromatic N) is 3. The molecule has 1 atom stereocenters. The van der Waals surface area contributed by atoms with Gasteiger partial charge in [-0.1, -0.05) is 50.1 Å². The average Bonchev–Trinajstić information content (AvgIpc) is 3.22. The topological polar surface area (TPSA) is 138 Å². The lowest BCUT2D eigenvalue weighted by Crippen LogP contribution is -2.53. The van der Waals surface area contributed by atoms with Gasteiger partial charge in [0.2, 0.25) is 5.89 Å². The molecule has 1 saturated heterocycles. The summed E-state index contributed by atoms with van der Waals surface area (Å²) in [6.07, 6.45) is 9.13. The van der Waals surface area contributed by atoms with Gasteiger partial charge in [-0.2, -0.15) is 10.9 Å². The van der Waals surface area contributed by atoms with Crippen molar-refractivity contribution in [2.24, 2.45) is 17.7 Å². The summed E-state index contributed by atoms with van der Waals surface area (Å²) < 4.78 is 9.97. The van der Waals surface area contributed by atoms with Crippen molar-refractivity contribution in [2.75, 3.05) is 20.2 Å². The first kappa shape index (κ1) is 22.2. The van der Waals surface area contributed by atoms with E-state index in [-0.39, 0.29) is 49.0 Å². The minimum Gasteiger partial charge on any atom is -0.469 e. The molecule has 1 aliphatic heterocycles. The van der Waals surface area contributed by atoms with Gasteiger partial charge in [-0.05, 0) is 12.3 Å². The summed E-state index contributed by atoms with van der Waals surface area (Å²) in [7, 11) is 1.32. The molecule has 2 heterocycles. The Morgan fingerprint density at radius 1 is 1.23 bits per heavy atom. The van der Waals surface area contributed by atoms with E-state index in [0.717, 1.165) is 18.8 Å². The Hall–Kier alpha value is -2.49. The van der Waals surface area contributed by atoms with Crippen molar-refractivity contribution in [3.05, 3.63) is 11.7 Å². The second kappa shape index (κ2) is 10.5. The number of likely N-dealkylation sites (tertiary alicyclic amines) is 1. The van der Waals surface area contributed by atoms with Crippen molar-refractivity contribution < 1.29 is 28.5 Å². The third-order valence-electron chi connectivity index (χ3n) is 6.12. The number of esters is 1. The van der Waals surface area contributed by atoms with Crippen molar-refractivity contribution in [1.29, 1.82) is 0 Å². The van der Waals surface area contributed by atoms with Crippen LogP contribution < -0.4 is 5.90 Å². The van der Waals surface area contributed by atoms with Crippen LogP contribution in [0.4, 0.5) is 0 Å². The average molecular weight is 422 g/mol. The van der Waals surface area contributed by atoms with E-state index in [9.17, 15) is 14.4 Å². The zero-order valence-corrected chi connectivity index (χ0v) is 17.4. The number of hydrogen-bond acceptors (Lipinski definition) is 9. The van der Waals surface area contributed by atoms with Gasteiger partial charge >= 0.3 is 11.9 Å². The Morgan fingerprint density at radius 3 is 2.63 bits per heavy atom. The highest BCUT2D eigenvalue weighted by molar-refractivity contribution is 5.92. The summed E-state index contributed by atoms with van der Waals surface area (Å²) in [5.41, 5.74) is 0. The Morgan fingerprint density at radius 2 is 1.97 bits per heavy atom. The highest BCUT2D eigenvalue weighted by Crippen LogP contribution is 2.31. The van der Waals surface area contributed by atoms with Crippen molar-refractivity contribution in [2.45, 2.75) is 63.7 Å². The number of aromatic nitrogens is 2. The van der Waals surface area contributed by atoms with Crippen LogP contribution in [0, 0.1) is 11.8 Å². The number of rotatable bonds is 9. The predicted molar refractivity (Wildman–Crippen MR) is 104 cm³/mol. The van der Waals surface area contributed by atoms with E-state index in [4.69, 9.17) is 10.4 Å². The largest absolute Gasteiger partial charge is 0.469 e. The third-order valence-corrected chi connectivity index (χ3v) is 6.12. The SMILES string of the molecule is COC(=O)C1CN(C(=O)c2noc([C@H](CCCC3CCCCC3)CC(=O)ON)n2)C1. The van der Waals surface area contributed by atoms with Crippen LogP contribution in [0.15, 0.2) is 4.52 Å². The first-order valence-electron chi connectivity index (χ1n) is 10.6. The Bertz CT molecular complexity index is 739. The number of carbonyl (C=O) groups excluding carboxylic acids is 3. The van der Waals surface area contributed by atoms with Gasteiger partial charge in [-0.25, -0.2) is 0 Å². The van der Waals surface area contributed by atoms with E-state index in [0.29, 0.717) is 6.42 Å². The Balaban J connectivity index is 1.57. The second-order valence-corrected chi connectivity index (χ2v) is 8.21. The summed E-state index contributed by atoms with van der Waals surface area (Å²) in [5, 5.41) is 3.78. The molecular weight excluding hydrogens is 392 g/mol. The molecule has 0 radical (unpaired) electrons. The highest BCUT2D eigenvalue weighted by atomic mass is 16.7. The number of methoxy groups -OCH3 is 1. The normalized spacial score (nSPS) is 18.5. The molecule has 0 spiro atoms. The summed E-state index contributed by atoms with van der Waals surface area (Å²) in [6, 6.07) is 0. The number of amides is 1. The van der Waals surface area contributed by atoms with Gasteiger partial charge in [0.15, 0.2) is 0 Å². The molecule has 2 N–H and O–H groups in total. The van der Waals surface area contributed by atoms with Crippen LogP contribution in [-0.2, 0) is 19.2 Å². The zero-order valence-electron chi connectivity index (χ0n) is 17.4. The minimum atomic E-state index is -0.563. The van der Waals surface area contributed by atoms with Crippen LogP contribution in [0.5, 0.6) is 0 Å². The number of carbonyl (C=O) groups is 3. The van der Waals surface area contributed by atoms with Gasteiger partial charge in [0.25, 0.3) is 11.7 Å². The van der Waals surface area contributed by atoms with Gasteiger partial charge in [0, 0.05) is 19.0 Å². The molecule has 3 rings (SSSR count). The van der Waals surface area contributed by atoms with Gasteiger partial charge in [0.05, 0.1) is 19.4 Å². The summed E-state index contributed by atoms with van der Waals surface area (Å²) in [6.45, 7) is 0.527. The summed E-state index contributed by atoms with van der Waals surface area (Å²) >= 11 is 0. The van der Waals surface area contributed by atoms with Gasteiger partial charge in [-0.3, -0.25) is 14.4 Å². The van der Waals surface area contributed by atoms with Crippen molar-refractivity contribution in [3.63, 3.8) is 0 Å². The van der Waals surface area contributed by atoms with Crippen molar-refractivity contribution >= 4 is 17.8 Å². The predicted octanol–water partition coefficient (Wildman–Crippen LogP) is 1.96. The van der Waals surface area contributed by atoms with Crippen LogP contribution in [0.3, 0.4) is 0 Å². The van der Waals surface area contributed by atoms with E-state index in [1.165, 1.54) is 44.1 Å². The first-order valence-corrected chi connectivity index (χ1v) is 10.6. The monoisotopic (exact) mass is 422 g/mol. The molecular formula is C20H30N4O6. The number of hydrogen-bond donors (Lipinski definition) is 1. The maximum Gasteiger partial charge on any atom is 0.325 e. The maximum absolute atomic E-state index is 12.5. The van der Waals surface area contributed by atoms with E-state index in [1.807, 2.05) is 0 Å². The lowest BCUT2D eigenvalue weighted by atomic mass is 9.84.